The van der Waals surface area contributed by atoms with Gasteiger partial charge in [0.05, 0.1) is 25.9 Å². The van der Waals surface area contributed by atoms with Crippen LogP contribution in [0.1, 0.15) is 12.5 Å². The molecular formula is C20H21FN10O11P2-2. The maximum absolute atomic E-state index is 15.8. The van der Waals surface area contributed by atoms with Crippen molar-refractivity contribution in [3.63, 3.8) is 0 Å². The van der Waals surface area contributed by atoms with Crippen molar-refractivity contribution in [3.05, 3.63) is 25.3 Å². The minimum atomic E-state index is -5.37. The molecule has 236 valence electrons. The fraction of sp³-hybridized carbons (Fsp3) is 0.500. The van der Waals surface area contributed by atoms with Crippen LogP contribution in [0.3, 0.4) is 0 Å². The molecule has 2 unspecified atom stereocenters. The van der Waals surface area contributed by atoms with Crippen molar-refractivity contribution in [2.75, 3.05) is 24.7 Å². The van der Waals surface area contributed by atoms with Crippen LogP contribution in [0.5, 0.6) is 0 Å². The van der Waals surface area contributed by atoms with Crippen molar-refractivity contribution in [1.29, 1.82) is 0 Å². The van der Waals surface area contributed by atoms with E-state index in [0.29, 0.717) is 0 Å². The van der Waals surface area contributed by atoms with E-state index >= 15 is 4.39 Å². The van der Waals surface area contributed by atoms with Crippen LogP contribution in [0.15, 0.2) is 25.3 Å². The monoisotopic (exact) mass is 658 g/mol. The van der Waals surface area contributed by atoms with Gasteiger partial charge in [-0.1, -0.05) is 0 Å². The van der Waals surface area contributed by atoms with E-state index in [2.05, 4.69) is 29.9 Å². The van der Waals surface area contributed by atoms with Crippen LogP contribution in [-0.4, -0.2) is 94.0 Å². The second kappa shape index (κ2) is 10.7. The molecule has 24 heteroatoms. The van der Waals surface area contributed by atoms with Gasteiger partial charge in [-0.3, -0.25) is 18.3 Å². The molecule has 0 aromatic carbocycles. The minimum absolute atomic E-state index is 0.00394. The van der Waals surface area contributed by atoms with Crippen molar-refractivity contribution < 1.29 is 56.0 Å². The number of imidazole rings is 2. The van der Waals surface area contributed by atoms with Gasteiger partial charge in [0.1, 0.15) is 54.2 Å². The molecule has 3 aliphatic rings. The van der Waals surface area contributed by atoms with Crippen LogP contribution >= 0.6 is 15.6 Å². The molecular weight excluding hydrogens is 637 g/mol. The summed E-state index contributed by atoms with van der Waals surface area (Å²) >= 11 is 0. The van der Waals surface area contributed by atoms with Crippen LogP contribution in [0.25, 0.3) is 22.3 Å². The molecule has 5 N–H and O–H groups in total. The molecule has 2 bridgehead atoms. The summed E-state index contributed by atoms with van der Waals surface area (Å²) < 4.78 is 75.6. The highest BCUT2D eigenvalue weighted by Crippen LogP contribution is 2.51. The summed E-state index contributed by atoms with van der Waals surface area (Å²) in [6.45, 7) is -1.85. The third kappa shape index (κ3) is 5.03. The first kappa shape index (κ1) is 29.4. The Bertz CT molecular complexity index is 1830. The lowest BCUT2D eigenvalue weighted by atomic mass is 10.1. The Kier molecular flexibility index (Phi) is 7.14. The molecule has 3 aliphatic heterocycles. The second-order valence-corrected chi connectivity index (χ2v) is 12.6. The molecule has 10 atom stereocenters. The van der Waals surface area contributed by atoms with E-state index in [1.807, 2.05) is 0 Å². The first-order chi connectivity index (χ1) is 20.9. The smallest absolute Gasteiger partial charge is 0.268 e. The standard InChI is InChI=1S/C20H23FN10O11P2/c21-9-13-8(40-19(9)30-5-28-10-15(22)24-3-26-17(10)30)2-38-44(35,36)42-14-12(32)7(1-37-43(33,34)41-13)39-20(14)31-6-29-11-16(23)25-4-27-18(11)31/h3-9,12-14,19-20,32H,1-2H2,(H,33,34)(H,35,36)(H2,22,24,26)(H2,23,25,27)/p-2/t7-,8-,9+,12+,13+,14+,19-,20-/m1/s1. The third-order valence-electron chi connectivity index (χ3n) is 7.20. The summed E-state index contributed by atoms with van der Waals surface area (Å²) in [5, 5.41) is 10.9. The van der Waals surface area contributed by atoms with E-state index in [1.54, 1.807) is 0 Å². The lowest BCUT2D eigenvalue weighted by Crippen LogP contribution is -2.36. The number of halogens is 1. The summed E-state index contributed by atoms with van der Waals surface area (Å²) in [6.07, 6.45) is -9.38. The zero-order chi connectivity index (χ0) is 31.0. The number of hydrogen-bond acceptors (Lipinski definition) is 19. The Morgan fingerprint density at radius 2 is 1.30 bits per heavy atom. The molecule has 44 heavy (non-hydrogen) atoms. The van der Waals surface area contributed by atoms with E-state index in [1.165, 1.54) is 10.9 Å². The van der Waals surface area contributed by atoms with Gasteiger partial charge in [0.15, 0.2) is 41.6 Å². The molecule has 0 aliphatic carbocycles. The zero-order valence-corrected chi connectivity index (χ0v) is 23.7. The van der Waals surface area contributed by atoms with Crippen LogP contribution in [-0.2, 0) is 36.7 Å². The Hall–Kier alpha value is -3.27. The first-order valence-electron chi connectivity index (χ1n) is 12.7. The van der Waals surface area contributed by atoms with Gasteiger partial charge in [-0.25, -0.2) is 34.3 Å². The average molecular weight is 658 g/mol. The number of nitrogens with two attached hydrogens (primary N) is 2. The highest BCUT2D eigenvalue weighted by Gasteiger charge is 2.52. The highest BCUT2D eigenvalue weighted by molar-refractivity contribution is 7.46. The fourth-order valence-electron chi connectivity index (χ4n) is 5.17. The Morgan fingerprint density at radius 3 is 1.89 bits per heavy atom. The zero-order valence-electron chi connectivity index (χ0n) is 21.9. The number of phosphoric acid groups is 2. The number of hydrogen-bond donors (Lipinski definition) is 3. The number of alkyl halides is 1. The number of rotatable bonds is 2. The van der Waals surface area contributed by atoms with E-state index in [0.717, 1.165) is 23.5 Å². The minimum Gasteiger partial charge on any atom is -0.756 e. The summed E-state index contributed by atoms with van der Waals surface area (Å²) in [5.41, 5.74) is 12.0. The molecule has 7 heterocycles. The van der Waals surface area contributed by atoms with Gasteiger partial charge in [-0.15, -0.1) is 0 Å². The molecule has 3 fully saturated rings. The number of fused-ring (bicyclic) bond motifs is 5. The molecule has 21 nitrogen and oxygen atoms in total. The maximum Gasteiger partial charge on any atom is 0.268 e. The summed E-state index contributed by atoms with van der Waals surface area (Å²) in [5.74, 6) is -0.00704. The number of ether oxygens (including phenoxy) is 2. The SMILES string of the molecule is Nc1ncnc2c1ncn2[C@@H]1O[C@@H]2COP(=O)([O-])O[C@H]3[C@@H](O)[C@@H](COP(=O)([O-])O[C@@H]2[C@@H]1F)O[C@H]3n1cnc2c(N)ncnc21. The van der Waals surface area contributed by atoms with Gasteiger partial charge in [0.25, 0.3) is 15.6 Å². The van der Waals surface area contributed by atoms with Gasteiger partial charge >= 0.3 is 0 Å². The summed E-state index contributed by atoms with van der Waals surface area (Å²) in [4.78, 5) is 49.7. The predicted molar refractivity (Wildman–Crippen MR) is 135 cm³/mol. The lowest BCUT2D eigenvalue weighted by Gasteiger charge is -2.31. The van der Waals surface area contributed by atoms with Gasteiger partial charge in [-0.05, 0) is 0 Å². The highest BCUT2D eigenvalue weighted by atomic mass is 31.2. The van der Waals surface area contributed by atoms with E-state index in [-0.39, 0.29) is 34.0 Å². The van der Waals surface area contributed by atoms with E-state index in [4.69, 9.17) is 39.0 Å². The van der Waals surface area contributed by atoms with Gasteiger partial charge in [0.2, 0.25) is 0 Å². The largest absolute Gasteiger partial charge is 0.756 e. The van der Waals surface area contributed by atoms with Gasteiger partial charge < -0.3 is 53.9 Å². The molecule has 3 saturated heterocycles. The predicted octanol–water partition coefficient (Wildman–Crippen LogP) is -1.92. The number of nitrogen functional groups attached to an aromatic ring is 2. The van der Waals surface area contributed by atoms with Crippen LogP contribution in [0.2, 0.25) is 0 Å². The Morgan fingerprint density at radius 1 is 0.795 bits per heavy atom. The third-order valence-corrected chi connectivity index (χ3v) is 9.13. The second-order valence-electron chi connectivity index (χ2n) is 9.86. The number of phosphoric ester groups is 2. The Labute approximate surface area is 244 Å². The number of nitrogens with zero attached hydrogens (tertiary/aromatic N) is 8. The molecule has 0 saturated carbocycles. The van der Waals surface area contributed by atoms with Crippen LogP contribution in [0, 0.1) is 0 Å². The Balaban J connectivity index is 1.20. The summed E-state index contributed by atoms with van der Waals surface area (Å²) in [7, 11) is -10.7. The number of anilines is 2. The van der Waals surface area contributed by atoms with Crippen molar-refractivity contribution >= 4 is 49.6 Å². The van der Waals surface area contributed by atoms with Crippen molar-refractivity contribution in [2.45, 2.75) is 49.1 Å². The molecule has 4 aromatic heterocycles. The topological polar surface area (TPSA) is 295 Å². The number of aromatic nitrogens is 8. The van der Waals surface area contributed by atoms with E-state index < -0.39 is 78.0 Å². The van der Waals surface area contributed by atoms with Crippen LogP contribution < -0.4 is 21.3 Å². The maximum atomic E-state index is 15.8. The molecule has 0 radical (unpaired) electrons. The van der Waals surface area contributed by atoms with E-state index in [9.17, 15) is 24.0 Å². The van der Waals surface area contributed by atoms with Crippen molar-refractivity contribution in [2.24, 2.45) is 0 Å². The molecule has 0 amide bonds. The first-order valence-corrected chi connectivity index (χ1v) is 15.6. The van der Waals surface area contributed by atoms with Gasteiger partial charge in [0, 0.05) is 0 Å². The lowest BCUT2D eigenvalue weighted by molar-refractivity contribution is -0.240. The number of aliphatic hydroxyl groups excluding tert-OH is 1. The summed E-state index contributed by atoms with van der Waals surface area (Å²) in [6, 6.07) is 0. The average Bonchev–Trinajstić information content (AvgIpc) is 3.73. The molecule has 0 spiro atoms. The van der Waals surface area contributed by atoms with Crippen molar-refractivity contribution in [3.8, 4) is 0 Å². The number of aliphatic hydroxyl groups is 1. The van der Waals surface area contributed by atoms with Gasteiger partial charge in [-0.2, -0.15) is 0 Å². The molecule has 7 rings (SSSR count). The van der Waals surface area contributed by atoms with Crippen LogP contribution in [0.4, 0.5) is 16.0 Å². The van der Waals surface area contributed by atoms with Crippen molar-refractivity contribution in [1.82, 2.24) is 39.0 Å². The quantitative estimate of drug-likeness (QED) is 0.198. The molecule has 4 aromatic rings. The fourth-order valence-corrected chi connectivity index (χ4v) is 7.03. The normalized spacial score (nSPS) is 38.3.